The van der Waals surface area contributed by atoms with Crippen LogP contribution in [0.1, 0.15) is 10.4 Å². The van der Waals surface area contributed by atoms with Gasteiger partial charge in [0.25, 0.3) is 5.69 Å². The van der Waals surface area contributed by atoms with E-state index in [1.165, 1.54) is 30.0 Å². The smallest absolute Gasteiger partial charge is 0.340 e. The molecule has 0 aliphatic carbocycles. The highest BCUT2D eigenvalue weighted by Crippen LogP contribution is 2.25. The number of nitrogens with one attached hydrogen (secondary N) is 1. The van der Waals surface area contributed by atoms with Crippen molar-refractivity contribution in [3.8, 4) is 5.69 Å². The van der Waals surface area contributed by atoms with Crippen LogP contribution in [0.2, 0.25) is 0 Å². The first-order chi connectivity index (χ1) is 14.0. The van der Waals surface area contributed by atoms with Gasteiger partial charge in [-0.15, -0.1) is 5.10 Å². The number of anilines is 1. The number of para-hydroxylation sites is 3. The number of tetrazole rings is 1. The summed E-state index contributed by atoms with van der Waals surface area (Å²) in [7, 11) is 1.27. The molecule has 0 aliphatic rings. The van der Waals surface area contributed by atoms with Crippen molar-refractivity contribution in [1.29, 1.82) is 0 Å². The number of methoxy groups -OCH3 is 1. The maximum atomic E-state index is 12.2. The van der Waals surface area contributed by atoms with Gasteiger partial charge in [0.15, 0.2) is 0 Å². The summed E-state index contributed by atoms with van der Waals surface area (Å²) >= 11 is 1.01. The maximum Gasteiger partial charge on any atom is 0.340 e. The number of amides is 1. The van der Waals surface area contributed by atoms with Crippen molar-refractivity contribution in [2.45, 2.75) is 5.16 Å². The molecular weight excluding hydrogens is 400 g/mol. The molecule has 0 atom stereocenters. The third-order valence-electron chi connectivity index (χ3n) is 3.69. The minimum Gasteiger partial charge on any atom is -0.465 e. The number of carbonyl (C=O) groups excluding carboxylic acids is 2. The Labute approximate surface area is 168 Å². The van der Waals surface area contributed by atoms with Crippen molar-refractivity contribution < 1.29 is 19.2 Å². The number of nitro benzene ring substituents is 1. The molecule has 1 aromatic heterocycles. The number of ether oxygens (including phenoxy) is 1. The van der Waals surface area contributed by atoms with E-state index >= 15 is 0 Å². The van der Waals surface area contributed by atoms with Gasteiger partial charge in [0.05, 0.1) is 29.0 Å². The van der Waals surface area contributed by atoms with Crippen LogP contribution in [-0.4, -0.2) is 49.9 Å². The fourth-order valence-corrected chi connectivity index (χ4v) is 3.10. The van der Waals surface area contributed by atoms with Crippen LogP contribution in [0, 0.1) is 10.1 Å². The van der Waals surface area contributed by atoms with E-state index in [0.717, 1.165) is 11.8 Å². The molecule has 0 fully saturated rings. The fraction of sp³-hybridized carbons (Fsp3) is 0.118. The van der Waals surface area contributed by atoms with Crippen molar-refractivity contribution >= 4 is 35.0 Å². The molecule has 0 spiro atoms. The van der Waals surface area contributed by atoms with Crippen molar-refractivity contribution in [2.24, 2.45) is 0 Å². The summed E-state index contributed by atoms with van der Waals surface area (Å²) in [6.45, 7) is 0. The van der Waals surface area contributed by atoms with Crippen LogP contribution in [0.3, 0.4) is 0 Å². The first-order valence-corrected chi connectivity index (χ1v) is 9.12. The average molecular weight is 414 g/mol. The predicted molar refractivity (Wildman–Crippen MR) is 103 cm³/mol. The summed E-state index contributed by atoms with van der Waals surface area (Å²) < 4.78 is 6.08. The van der Waals surface area contributed by atoms with Crippen molar-refractivity contribution in [3.63, 3.8) is 0 Å². The van der Waals surface area contributed by atoms with Gasteiger partial charge in [-0.3, -0.25) is 14.9 Å². The molecule has 11 nitrogen and oxygen atoms in total. The molecule has 0 unspecified atom stereocenters. The van der Waals surface area contributed by atoms with E-state index in [9.17, 15) is 19.7 Å². The normalized spacial score (nSPS) is 10.4. The predicted octanol–water partition coefficient (Wildman–Crippen LogP) is 2.09. The highest BCUT2D eigenvalue weighted by molar-refractivity contribution is 7.99. The second kappa shape index (κ2) is 8.93. The van der Waals surface area contributed by atoms with E-state index < -0.39 is 16.8 Å². The Morgan fingerprint density at radius 1 is 1.21 bits per heavy atom. The molecule has 0 radical (unpaired) electrons. The van der Waals surface area contributed by atoms with Gasteiger partial charge in [0, 0.05) is 6.07 Å². The lowest BCUT2D eigenvalue weighted by molar-refractivity contribution is -0.383. The summed E-state index contributed by atoms with van der Waals surface area (Å²) in [5, 5.41) is 25.1. The molecule has 3 rings (SSSR count). The zero-order valence-electron chi connectivity index (χ0n) is 15.0. The molecule has 0 saturated heterocycles. The summed E-state index contributed by atoms with van der Waals surface area (Å²) in [4.78, 5) is 34.7. The molecule has 1 heterocycles. The Bertz CT molecular complexity index is 1070. The zero-order chi connectivity index (χ0) is 20.8. The first-order valence-electron chi connectivity index (χ1n) is 8.13. The second-order valence-corrected chi connectivity index (χ2v) is 6.44. The number of carbonyl (C=O) groups is 2. The first kappa shape index (κ1) is 19.9. The van der Waals surface area contributed by atoms with Crippen LogP contribution >= 0.6 is 11.8 Å². The molecule has 0 aliphatic heterocycles. The zero-order valence-corrected chi connectivity index (χ0v) is 15.8. The van der Waals surface area contributed by atoms with Crippen molar-refractivity contribution in [1.82, 2.24) is 20.2 Å². The van der Waals surface area contributed by atoms with E-state index in [-0.39, 0.29) is 27.8 Å². The molecule has 2 aromatic carbocycles. The molecule has 148 valence electrons. The van der Waals surface area contributed by atoms with E-state index in [0.29, 0.717) is 5.69 Å². The number of rotatable bonds is 7. The lowest BCUT2D eigenvalue weighted by Gasteiger charge is -2.09. The fourth-order valence-electron chi connectivity index (χ4n) is 2.42. The Morgan fingerprint density at radius 3 is 2.69 bits per heavy atom. The summed E-state index contributed by atoms with van der Waals surface area (Å²) in [6, 6.07) is 12.4. The number of nitro groups is 1. The number of hydrogen-bond acceptors (Lipinski definition) is 9. The Morgan fingerprint density at radius 2 is 1.93 bits per heavy atom. The monoisotopic (exact) mass is 414 g/mol. The third-order valence-corrected chi connectivity index (χ3v) is 4.60. The highest BCUT2D eigenvalue weighted by Gasteiger charge is 2.19. The quantitative estimate of drug-likeness (QED) is 0.266. The van der Waals surface area contributed by atoms with Crippen LogP contribution in [0.25, 0.3) is 5.69 Å². The van der Waals surface area contributed by atoms with Crippen LogP contribution < -0.4 is 5.32 Å². The SMILES string of the molecule is COC(=O)c1ccccc1-n1nnnc1SCC(=O)Nc1ccccc1[N+](=O)[O-]. The van der Waals surface area contributed by atoms with Crippen LogP contribution in [0.5, 0.6) is 0 Å². The lowest BCUT2D eigenvalue weighted by atomic mass is 10.2. The Balaban J connectivity index is 1.75. The number of nitrogens with zero attached hydrogens (tertiary/aromatic N) is 5. The second-order valence-electron chi connectivity index (χ2n) is 5.49. The number of benzene rings is 2. The Kier molecular flexibility index (Phi) is 6.14. The number of hydrogen-bond donors (Lipinski definition) is 1. The van der Waals surface area contributed by atoms with Gasteiger partial charge < -0.3 is 10.1 Å². The van der Waals surface area contributed by atoms with Crippen LogP contribution in [0.4, 0.5) is 11.4 Å². The standard InChI is InChI=1S/C17H14N6O5S/c1-28-16(25)11-6-2-4-8-13(11)22-17(19-20-21-22)29-10-15(24)18-12-7-3-5-9-14(12)23(26)27/h2-9H,10H2,1H3,(H,18,24). The van der Waals surface area contributed by atoms with Crippen LogP contribution in [-0.2, 0) is 9.53 Å². The van der Waals surface area contributed by atoms with E-state index in [1.807, 2.05) is 0 Å². The molecule has 0 bridgehead atoms. The highest BCUT2D eigenvalue weighted by atomic mass is 32.2. The van der Waals surface area contributed by atoms with Gasteiger partial charge in [-0.2, -0.15) is 4.68 Å². The van der Waals surface area contributed by atoms with Crippen molar-refractivity contribution in [3.05, 3.63) is 64.2 Å². The molecule has 3 aromatic rings. The van der Waals surface area contributed by atoms with E-state index in [4.69, 9.17) is 4.74 Å². The summed E-state index contributed by atoms with van der Waals surface area (Å²) in [5.41, 5.74) is 0.542. The van der Waals surface area contributed by atoms with Crippen molar-refractivity contribution in [2.75, 3.05) is 18.2 Å². The molecule has 1 amide bonds. The van der Waals surface area contributed by atoms with Crippen LogP contribution in [0.15, 0.2) is 53.7 Å². The molecule has 29 heavy (non-hydrogen) atoms. The van der Waals surface area contributed by atoms with Gasteiger partial charge in [-0.1, -0.05) is 36.0 Å². The topological polar surface area (TPSA) is 142 Å². The largest absolute Gasteiger partial charge is 0.465 e. The van der Waals surface area contributed by atoms with Gasteiger partial charge in [-0.25, -0.2) is 4.79 Å². The third kappa shape index (κ3) is 4.55. The average Bonchev–Trinajstić information content (AvgIpc) is 3.20. The minimum absolute atomic E-state index is 0.0960. The van der Waals surface area contributed by atoms with Gasteiger partial charge in [0.1, 0.15) is 5.69 Å². The number of aromatic nitrogens is 4. The molecule has 12 heteroatoms. The minimum atomic E-state index is -0.576. The Hall–Kier alpha value is -3.80. The van der Waals surface area contributed by atoms with Gasteiger partial charge in [-0.05, 0) is 28.6 Å². The molecule has 1 N–H and O–H groups in total. The number of thioether (sulfide) groups is 1. The summed E-state index contributed by atoms with van der Waals surface area (Å²) in [6.07, 6.45) is 0. The molecule has 0 saturated carbocycles. The van der Waals surface area contributed by atoms with E-state index in [2.05, 4.69) is 20.8 Å². The summed E-state index contributed by atoms with van der Waals surface area (Å²) in [5.74, 6) is -1.13. The van der Waals surface area contributed by atoms with Gasteiger partial charge >= 0.3 is 5.97 Å². The van der Waals surface area contributed by atoms with E-state index in [1.54, 1.807) is 30.3 Å². The lowest BCUT2D eigenvalue weighted by Crippen LogP contribution is -2.16. The van der Waals surface area contributed by atoms with Gasteiger partial charge in [0.2, 0.25) is 11.1 Å². The maximum absolute atomic E-state index is 12.2. The molecular formula is C17H14N6O5S. The number of esters is 1.